The molecule has 1 fully saturated rings. The molecule has 0 spiro atoms. The van der Waals surface area contributed by atoms with Gasteiger partial charge in [0.05, 0.1) is 26.2 Å². The monoisotopic (exact) mass is 389 g/mol. The third-order valence-corrected chi connectivity index (χ3v) is 6.32. The zero-order chi connectivity index (χ0) is 18.2. The lowest BCUT2D eigenvalue weighted by molar-refractivity contribution is -0.925. The molecule has 0 aromatic rings. The second-order valence-corrected chi connectivity index (χ2v) is 8.43. The van der Waals surface area contributed by atoms with Crippen molar-refractivity contribution >= 4 is 0 Å². The molecule has 0 bridgehead atoms. The summed E-state index contributed by atoms with van der Waals surface area (Å²) in [5.74, 6) is 0. The van der Waals surface area contributed by atoms with E-state index in [1.807, 2.05) is 0 Å². The Morgan fingerprint density at radius 2 is 1.04 bits per heavy atom. The lowest BCUT2D eigenvalue weighted by Gasteiger charge is -2.36. The Morgan fingerprint density at radius 1 is 0.654 bits per heavy atom. The minimum atomic E-state index is 0. The first kappa shape index (κ1) is 26.2. The molecule has 2 nitrogen and oxygen atoms in total. The zero-order valence-corrected chi connectivity index (χ0v) is 19.0. The number of quaternary nitrogens is 1. The Bertz CT molecular complexity index is 290. The third kappa shape index (κ3) is 13.4. The molecule has 0 aromatic carbocycles. The summed E-state index contributed by atoms with van der Waals surface area (Å²) in [6.45, 7) is 13.2. The van der Waals surface area contributed by atoms with Crippen molar-refractivity contribution in [2.24, 2.45) is 0 Å². The van der Waals surface area contributed by atoms with Crippen LogP contribution in [0.4, 0.5) is 0 Å². The van der Waals surface area contributed by atoms with E-state index in [0.29, 0.717) is 6.10 Å². The molecule has 0 N–H and O–H groups in total. The van der Waals surface area contributed by atoms with Crippen molar-refractivity contribution in [2.75, 3.05) is 32.8 Å². The molecule has 0 saturated carbocycles. The van der Waals surface area contributed by atoms with Crippen LogP contribution in [0.5, 0.6) is 0 Å². The minimum Gasteiger partial charge on any atom is -1.00 e. The predicted octanol–water partition coefficient (Wildman–Crippen LogP) is 3.73. The fourth-order valence-electron chi connectivity index (χ4n) is 4.14. The lowest BCUT2D eigenvalue weighted by atomic mass is 10.0. The summed E-state index contributed by atoms with van der Waals surface area (Å²) in [4.78, 5) is 0. The Labute approximate surface area is 171 Å². The average Bonchev–Trinajstić information content (AvgIpc) is 3.45. The van der Waals surface area contributed by atoms with Crippen LogP contribution in [-0.4, -0.2) is 43.4 Å². The molecular formula is C23H48ClNO. The molecule has 1 rings (SSSR count). The summed E-state index contributed by atoms with van der Waals surface area (Å²) >= 11 is 0. The van der Waals surface area contributed by atoms with Crippen molar-refractivity contribution in [3.05, 3.63) is 0 Å². The Kier molecular flexibility index (Phi) is 17.5. The van der Waals surface area contributed by atoms with Crippen molar-refractivity contribution < 1.29 is 21.6 Å². The molecule has 3 heteroatoms. The van der Waals surface area contributed by atoms with E-state index < -0.39 is 0 Å². The molecule has 0 aliphatic carbocycles. The smallest absolute Gasteiger partial charge is 0.130 e. The summed E-state index contributed by atoms with van der Waals surface area (Å²) in [5, 5.41) is 0. The Balaban J connectivity index is 0.00000625. The Morgan fingerprint density at radius 3 is 1.38 bits per heavy atom. The highest BCUT2D eigenvalue weighted by atomic mass is 35.5. The zero-order valence-electron chi connectivity index (χ0n) is 18.2. The van der Waals surface area contributed by atoms with Crippen LogP contribution >= 0.6 is 0 Å². The van der Waals surface area contributed by atoms with Crippen molar-refractivity contribution in [3.63, 3.8) is 0 Å². The molecule has 26 heavy (non-hydrogen) atoms. The number of hydrogen-bond acceptors (Lipinski definition) is 1. The average molecular weight is 390 g/mol. The van der Waals surface area contributed by atoms with Crippen LogP contribution in [0.25, 0.3) is 0 Å². The standard InChI is InChI=1S/C23H48NO.ClH/c1-4-7-8-9-10-11-12-13-14-15-16-17-18-19-20-24(5-2,6-3)21-23-22-25-23;/h23H,4-22H2,1-3H3;1H/q+1;/p-1. The molecule has 1 aliphatic heterocycles. The highest BCUT2D eigenvalue weighted by molar-refractivity contribution is 4.68. The molecule has 0 amide bonds. The van der Waals surface area contributed by atoms with Gasteiger partial charge in [0.25, 0.3) is 0 Å². The van der Waals surface area contributed by atoms with Gasteiger partial charge in [-0.2, -0.15) is 0 Å². The number of halogens is 1. The van der Waals surface area contributed by atoms with E-state index in [4.69, 9.17) is 4.74 Å². The first-order valence-electron chi connectivity index (χ1n) is 11.7. The number of hydrogen-bond donors (Lipinski definition) is 0. The number of epoxide rings is 1. The van der Waals surface area contributed by atoms with Crippen LogP contribution in [0.15, 0.2) is 0 Å². The first-order chi connectivity index (χ1) is 12.3. The second kappa shape index (κ2) is 17.3. The van der Waals surface area contributed by atoms with Gasteiger partial charge in [0.1, 0.15) is 12.6 Å². The van der Waals surface area contributed by atoms with Gasteiger partial charge in [-0.25, -0.2) is 0 Å². The molecule has 1 aliphatic rings. The highest BCUT2D eigenvalue weighted by Gasteiger charge is 2.34. The topological polar surface area (TPSA) is 12.5 Å². The molecule has 1 atom stereocenters. The van der Waals surface area contributed by atoms with E-state index in [1.54, 1.807) is 0 Å². The van der Waals surface area contributed by atoms with E-state index in [-0.39, 0.29) is 12.4 Å². The fraction of sp³-hybridized carbons (Fsp3) is 1.00. The summed E-state index contributed by atoms with van der Waals surface area (Å²) < 4.78 is 6.76. The second-order valence-electron chi connectivity index (χ2n) is 8.43. The minimum absolute atomic E-state index is 0. The molecule has 1 heterocycles. The summed E-state index contributed by atoms with van der Waals surface area (Å²) in [7, 11) is 0. The Hall–Kier alpha value is 0.210. The highest BCUT2D eigenvalue weighted by Crippen LogP contribution is 2.19. The van der Waals surface area contributed by atoms with Gasteiger partial charge in [0.2, 0.25) is 0 Å². The maximum atomic E-state index is 5.48. The SMILES string of the molecule is CCCCCCCCCCCCCCCC[N+](CC)(CC)CC1CO1.[Cl-]. The van der Waals surface area contributed by atoms with Gasteiger partial charge < -0.3 is 21.6 Å². The van der Waals surface area contributed by atoms with Crippen molar-refractivity contribution in [2.45, 2.75) is 117 Å². The van der Waals surface area contributed by atoms with Crippen LogP contribution in [0.1, 0.15) is 111 Å². The van der Waals surface area contributed by atoms with Gasteiger partial charge in [0, 0.05) is 0 Å². The molecule has 0 radical (unpaired) electrons. The van der Waals surface area contributed by atoms with Crippen LogP contribution in [0.3, 0.4) is 0 Å². The lowest BCUT2D eigenvalue weighted by Crippen LogP contribution is -3.00. The van der Waals surface area contributed by atoms with Crippen molar-refractivity contribution in [3.8, 4) is 0 Å². The number of ether oxygens (including phenoxy) is 1. The maximum Gasteiger partial charge on any atom is 0.130 e. The van der Waals surface area contributed by atoms with Crippen LogP contribution in [0.2, 0.25) is 0 Å². The summed E-state index contributed by atoms with van der Waals surface area (Å²) in [6, 6.07) is 0. The third-order valence-electron chi connectivity index (χ3n) is 6.32. The predicted molar refractivity (Wildman–Crippen MR) is 111 cm³/mol. The van der Waals surface area contributed by atoms with Gasteiger partial charge in [-0.1, -0.05) is 84.0 Å². The summed E-state index contributed by atoms with van der Waals surface area (Å²) in [5.41, 5.74) is 0. The molecule has 1 unspecified atom stereocenters. The van der Waals surface area contributed by atoms with Gasteiger partial charge in [0.15, 0.2) is 0 Å². The number of unbranched alkanes of at least 4 members (excludes halogenated alkanes) is 13. The van der Waals surface area contributed by atoms with Gasteiger partial charge in [-0.05, 0) is 26.7 Å². The summed E-state index contributed by atoms with van der Waals surface area (Å²) in [6.07, 6.45) is 20.9. The van der Waals surface area contributed by atoms with E-state index in [1.165, 1.54) is 121 Å². The van der Waals surface area contributed by atoms with Gasteiger partial charge in [-0.15, -0.1) is 0 Å². The maximum absolute atomic E-state index is 5.48. The van der Waals surface area contributed by atoms with E-state index >= 15 is 0 Å². The molecule has 158 valence electrons. The van der Waals surface area contributed by atoms with Crippen molar-refractivity contribution in [1.82, 2.24) is 0 Å². The molecular weight excluding hydrogens is 342 g/mol. The van der Waals surface area contributed by atoms with E-state index in [0.717, 1.165) is 6.61 Å². The van der Waals surface area contributed by atoms with Crippen molar-refractivity contribution in [1.29, 1.82) is 0 Å². The van der Waals surface area contributed by atoms with Crippen LogP contribution < -0.4 is 12.4 Å². The van der Waals surface area contributed by atoms with Crippen LogP contribution in [-0.2, 0) is 4.74 Å². The quantitative estimate of drug-likeness (QED) is 0.186. The largest absolute Gasteiger partial charge is 1.00 e. The number of likely N-dealkylation sites (N-methyl/N-ethyl adjacent to an activating group) is 1. The molecule has 1 saturated heterocycles. The number of nitrogens with zero attached hydrogens (tertiary/aromatic N) is 1. The fourth-order valence-corrected chi connectivity index (χ4v) is 4.14. The number of rotatable bonds is 19. The van der Waals surface area contributed by atoms with Gasteiger partial charge >= 0.3 is 0 Å². The molecule has 0 aromatic heterocycles. The van der Waals surface area contributed by atoms with Crippen LogP contribution in [0, 0.1) is 0 Å². The van der Waals surface area contributed by atoms with Gasteiger partial charge in [-0.3, -0.25) is 0 Å². The van der Waals surface area contributed by atoms with E-state index in [2.05, 4.69) is 20.8 Å². The van der Waals surface area contributed by atoms with E-state index in [9.17, 15) is 0 Å². The first-order valence-corrected chi connectivity index (χ1v) is 11.7. The normalized spacial score (nSPS) is 16.5.